The molecular weight excluding hydrogens is 418 g/mol. The predicted molar refractivity (Wildman–Crippen MR) is 95.3 cm³/mol. The summed E-state index contributed by atoms with van der Waals surface area (Å²) in [6, 6.07) is 11.9. The van der Waals surface area contributed by atoms with Crippen LogP contribution in [0.1, 0.15) is 12.6 Å². The maximum absolute atomic E-state index is 5.36. The molecule has 0 bridgehead atoms. The van der Waals surface area contributed by atoms with Gasteiger partial charge >= 0.3 is 51.4 Å². The molecule has 22 heavy (non-hydrogen) atoms. The van der Waals surface area contributed by atoms with Crippen LogP contribution in [0.25, 0.3) is 12.2 Å². The van der Waals surface area contributed by atoms with Crippen LogP contribution in [-0.2, 0) is 0 Å². The molecule has 112 valence electrons. The minimum atomic E-state index is 0. The van der Waals surface area contributed by atoms with Crippen LogP contribution >= 0.6 is 22.6 Å². The van der Waals surface area contributed by atoms with Gasteiger partial charge in [0.15, 0.2) is 11.5 Å². The van der Waals surface area contributed by atoms with Gasteiger partial charge in [-0.25, -0.2) is 0 Å². The normalized spacial score (nSPS) is 10.2. The molecule has 0 aliphatic carbocycles. The van der Waals surface area contributed by atoms with E-state index in [0.717, 1.165) is 31.9 Å². The number of hydrogen-bond donors (Lipinski definition) is 0. The molecule has 2 aromatic carbocycles. The zero-order chi connectivity index (χ0) is 15.2. The molecule has 0 aliphatic heterocycles. The van der Waals surface area contributed by atoms with Gasteiger partial charge in [0.1, 0.15) is 5.75 Å². The van der Waals surface area contributed by atoms with E-state index in [2.05, 4.69) is 34.7 Å². The van der Waals surface area contributed by atoms with Crippen molar-refractivity contribution in [3.63, 3.8) is 0 Å². The maximum Gasteiger partial charge on any atom is 1.00 e. The van der Waals surface area contributed by atoms with Crippen molar-refractivity contribution in [3.05, 3.63) is 51.1 Å². The molecule has 0 radical (unpaired) electrons. The Hall–Kier alpha value is -0.0536. The monoisotopic (exact) mass is 436 g/mol. The summed E-state index contributed by atoms with van der Waals surface area (Å²) in [6.45, 7) is 0. The smallest absolute Gasteiger partial charge is 1.00 e. The Morgan fingerprint density at radius 1 is 0.864 bits per heavy atom. The molecule has 0 heterocycles. The molecule has 0 saturated carbocycles. The zero-order valence-electron chi connectivity index (χ0n) is 14.2. The molecule has 0 aromatic heterocycles. The van der Waals surface area contributed by atoms with Gasteiger partial charge < -0.3 is 15.6 Å². The maximum atomic E-state index is 5.36. The zero-order valence-corrected chi connectivity index (χ0v) is 18.5. The molecule has 0 atom stereocenters. The molecule has 3 nitrogen and oxygen atoms in total. The number of rotatable bonds is 5. The van der Waals surface area contributed by atoms with E-state index >= 15 is 0 Å². The second-order valence-corrected chi connectivity index (χ2v) is 5.51. The van der Waals surface area contributed by atoms with Gasteiger partial charge in [-0.3, -0.25) is 0 Å². The first-order valence-electron chi connectivity index (χ1n) is 6.41. The van der Waals surface area contributed by atoms with E-state index in [4.69, 9.17) is 14.2 Å². The van der Waals surface area contributed by atoms with Crippen LogP contribution in [0.3, 0.4) is 0 Å². The van der Waals surface area contributed by atoms with Crippen molar-refractivity contribution in [2.75, 3.05) is 21.3 Å². The summed E-state index contributed by atoms with van der Waals surface area (Å²) in [5, 5.41) is 0. The van der Waals surface area contributed by atoms with Crippen molar-refractivity contribution in [2.45, 2.75) is 0 Å². The third-order valence-electron chi connectivity index (χ3n) is 3.04. The molecule has 0 aliphatic rings. The van der Waals surface area contributed by atoms with Crippen LogP contribution in [-0.4, -0.2) is 21.3 Å². The molecule has 0 unspecified atom stereocenters. The first-order chi connectivity index (χ1) is 10.2. The fraction of sp³-hybridized carbons (Fsp3) is 0.176. The van der Waals surface area contributed by atoms with Crippen LogP contribution in [0.15, 0.2) is 36.4 Å². The SMILES string of the molecule is COc1ccc(C=Cc2cc(I)c(OC)c(OC)c2)cc1.[H-].[K+]. The molecule has 0 N–H and O–H groups in total. The van der Waals surface area contributed by atoms with E-state index in [1.54, 1.807) is 21.3 Å². The first kappa shape index (κ1) is 20.0. The third-order valence-corrected chi connectivity index (χ3v) is 3.84. The van der Waals surface area contributed by atoms with Crippen LogP contribution in [0.5, 0.6) is 17.2 Å². The number of methoxy groups -OCH3 is 3. The summed E-state index contributed by atoms with van der Waals surface area (Å²) in [7, 11) is 4.95. The summed E-state index contributed by atoms with van der Waals surface area (Å²) >= 11 is 2.24. The minimum absolute atomic E-state index is 0. The second-order valence-electron chi connectivity index (χ2n) is 4.34. The van der Waals surface area contributed by atoms with E-state index in [1.165, 1.54) is 0 Å². The number of halogens is 1. The molecule has 5 heteroatoms. The van der Waals surface area contributed by atoms with E-state index in [9.17, 15) is 0 Å². The number of ether oxygens (including phenoxy) is 3. The van der Waals surface area contributed by atoms with Crippen LogP contribution < -0.4 is 65.6 Å². The van der Waals surface area contributed by atoms with Crippen LogP contribution in [0, 0.1) is 3.57 Å². The summed E-state index contributed by atoms with van der Waals surface area (Å²) in [4.78, 5) is 0. The van der Waals surface area contributed by atoms with Gasteiger partial charge in [0, 0.05) is 0 Å². The van der Waals surface area contributed by atoms with E-state index < -0.39 is 0 Å². The summed E-state index contributed by atoms with van der Waals surface area (Å²) < 4.78 is 16.9. The summed E-state index contributed by atoms with van der Waals surface area (Å²) in [6.07, 6.45) is 4.10. The van der Waals surface area contributed by atoms with Crippen LogP contribution in [0.2, 0.25) is 0 Å². The quantitative estimate of drug-likeness (QED) is 0.405. The third kappa shape index (κ3) is 5.25. The van der Waals surface area contributed by atoms with Crippen molar-refractivity contribution < 1.29 is 67.0 Å². The largest absolute Gasteiger partial charge is 1.00 e. The van der Waals surface area contributed by atoms with E-state index in [-0.39, 0.29) is 52.8 Å². The second kappa shape index (κ2) is 9.95. The van der Waals surface area contributed by atoms with Crippen molar-refractivity contribution in [2.24, 2.45) is 0 Å². The number of hydrogen-bond acceptors (Lipinski definition) is 3. The molecule has 0 saturated heterocycles. The van der Waals surface area contributed by atoms with E-state index in [0.29, 0.717) is 0 Å². The van der Waals surface area contributed by atoms with Crippen molar-refractivity contribution in [1.82, 2.24) is 0 Å². The fourth-order valence-electron chi connectivity index (χ4n) is 1.94. The number of benzene rings is 2. The Balaban J connectivity index is 0.00000242. The minimum Gasteiger partial charge on any atom is -1.00 e. The Morgan fingerprint density at radius 3 is 2.05 bits per heavy atom. The predicted octanol–water partition coefficient (Wildman–Crippen LogP) is 1.60. The first-order valence-corrected chi connectivity index (χ1v) is 7.49. The fourth-order valence-corrected chi connectivity index (χ4v) is 2.79. The van der Waals surface area contributed by atoms with Gasteiger partial charge in [-0.1, -0.05) is 24.3 Å². The topological polar surface area (TPSA) is 27.7 Å². The van der Waals surface area contributed by atoms with Crippen molar-refractivity contribution in [3.8, 4) is 17.2 Å². The van der Waals surface area contributed by atoms with Gasteiger partial charge in [0.2, 0.25) is 0 Å². The van der Waals surface area contributed by atoms with Crippen molar-refractivity contribution in [1.29, 1.82) is 0 Å². The Bertz CT molecular complexity index is 645. The Labute approximate surface area is 189 Å². The van der Waals surface area contributed by atoms with Gasteiger partial charge in [0.25, 0.3) is 0 Å². The molecule has 2 rings (SSSR count). The van der Waals surface area contributed by atoms with Gasteiger partial charge in [-0.05, 0) is 58.0 Å². The molecular formula is C17H18IKO3. The van der Waals surface area contributed by atoms with Gasteiger partial charge in [-0.2, -0.15) is 0 Å². The summed E-state index contributed by atoms with van der Waals surface area (Å²) in [5.41, 5.74) is 2.17. The van der Waals surface area contributed by atoms with Crippen LogP contribution in [0.4, 0.5) is 0 Å². The van der Waals surface area contributed by atoms with Crippen molar-refractivity contribution >= 4 is 34.7 Å². The molecule has 0 fully saturated rings. The molecule has 0 spiro atoms. The standard InChI is InChI=1S/C17H17IO3.K.H/c1-19-14-8-6-12(7-9-14)4-5-13-10-15(18)17(21-3)16(11-13)20-2;;/h4-11H,1-3H3;;/q;+1;-1. The van der Waals surface area contributed by atoms with Gasteiger partial charge in [0.05, 0.1) is 24.9 Å². The molecule has 2 aromatic rings. The average molecular weight is 436 g/mol. The average Bonchev–Trinajstić information content (AvgIpc) is 2.52. The molecule has 0 amide bonds. The van der Waals surface area contributed by atoms with Gasteiger partial charge in [-0.15, -0.1) is 0 Å². The summed E-state index contributed by atoms with van der Waals surface area (Å²) in [5.74, 6) is 2.35. The Morgan fingerprint density at radius 2 is 1.50 bits per heavy atom. The Kier molecular flexibility index (Phi) is 9.04. The van der Waals surface area contributed by atoms with E-state index in [1.807, 2.05) is 36.4 Å².